The Labute approximate surface area is 203 Å². The van der Waals surface area contributed by atoms with Crippen LogP contribution in [-0.2, 0) is 10.0 Å². The summed E-state index contributed by atoms with van der Waals surface area (Å²) in [5, 5.41) is 2.97. The third kappa shape index (κ3) is 5.64. The summed E-state index contributed by atoms with van der Waals surface area (Å²) in [4.78, 5) is 21.3. The van der Waals surface area contributed by atoms with Gasteiger partial charge in [0.1, 0.15) is 5.75 Å². The van der Waals surface area contributed by atoms with Gasteiger partial charge in [0.05, 0.1) is 10.6 Å². The van der Waals surface area contributed by atoms with Crippen molar-refractivity contribution in [1.29, 1.82) is 0 Å². The Balaban J connectivity index is 1.51. The smallest absolute Gasteiger partial charge is 0.264 e. The van der Waals surface area contributed by atoms with Crippen molar-refractivity contribution in [1.82, 2.24) is 15.3 Å². The van der Waals surface area contributed by atoms with Crippen molar-refractivity contribution in [2.75, 3.05) is 4.72 Å². The van der Waals surface area contributed by atoms with Gasteiger partial charge in [-0.3, -0.25) is 4.79 Å². The standard InChI is InChI=1S/C26H22N4O4S/c31-25(27-20-14-15-20)19-9-7-8-18(16-19)23-17-24(34-21-10-3-1-4-11-21)29-26(28-23)30-35(32,33)22-12-5-2-6-13-22/h1-13,16-17,20H,14-15H2,(H,27,31)(H,28,29,30). The predicted octanol–water partition coefficient (Wildman–Crippen LogP) is 4.63. The van der Waals surface area contributed by atoms with Gasteiger partial charge in [0, 0.05) is 23.2 Å². The van der Waals surface area contributed by atoms with Gasteiger partial charge in [0.25, 0.3) is 15.9 Å². The van der Waals surface area contributed by atoms with E-state index in [1.165, 1.54) is 12.1 Å². The van der Waals surface area contributed by atoms with Crippen LogP contribution in [0.3, 0.4) is 0 Å². The average Bonchev–Trinajstić information content (AvgIpc) is 3.69. The van der Waals surface area contributed by atoms with Crippen LogP contribution in [0.5, 0.6) is 11.6 Å². The summed E-state index contributed by atoms with van der Waals surface area (Å²) in [6, 6.07) is 25.8. The molecule has 0 atom stereocenters. The molecule has 176 valence electrons. The van der Waals surface area contributed by atoms with Crippen LogP contribution in [0.15, 0.2) is 95.9 Å². The third-order valence-corrected chi connectivity index (χ3v) is 6.62. The predicted molar refractivity (Wildman–Crippen MR) is 132 cm³/mol. The van der Waals surface area contributed by atoms with Crippen molar-refractivity contribution < 1.29 is 17.9 Å². The van der Waals surface area contributed by atoms with Gasteiger partial charge in [-0.2, -0.15) is 4.98 Å². The van der Waals surface area contributed by atoms with E-state index in [4.69, 9.17) is 4.74 Å². The van der Waals surface area contributed by atoms with Crippen LogP contribution in [0.25, 0.3) is 11.3 Å². The zero-order chi connectivity index (χ0) is 24.3. The molecule has 35 heavy (non-hydrogen) atoms. The number of aromatic nitrogens is 2. The van der Waals surface area contributed by atoms with Crippen LogP contribution in [0, 0.1) is 0 Å². The number of carbonyl (C=O) groups is 1. The fourth-order valence-corrected chi connectivity index (χ4v) is 4.34. The van der Waals surface area contributed by atoms with Gasteiger partial charge in [-0.25, -0.2) is 18.1 Å². The molecule has 8 nitrogen and oxygen atoms in total. The first-order valence-electron chi connectivity index (χ1n) is 11.1. The van der Waals surface area contributed by atoms with Gasteiger partial charge in [0.2, 0.25) is 11.8 Å². The molecule has 4 aromatic rings. The molecule has 1 aliphatic carbocycles. The molecule has 5 rings (SSSR count). The van der Waals surface area contributed by atoms with Crippen LogP contribution >= 0.6 is 0 Å². The summed E-state index contributed by atoms with van der Waals surface area (Å²) in [7, 11) is -3.92. The van der Waals surface area contributed by atoms with Crippen LogP contribution in [-0.4, -0.2) is 30.3 Å². The third-order valence-electron chi connectivity index (χ3n) is 5.28. The van der Waals surface area contributed by atoms with E-state index in [0.29, 0.717) is 22.6 Å². The van der Waals surface area contributed by atoms with E-state index in [1.807, 2.05) is 18.2 Å². The van der Waals surface area contributed by atoms with Gasteiger partial charge in [-0.15, -0.1) is 0 Å². The van der Waals surface area contributed by atoms with Crippen molar-refractivity contribution in [3.63, 3.8) is 0 Å². The van der Waals surface area contributed by atoms with Crippen molar-refractivity contribution in [2.24, 2.45) is 0 Å². The number of sulfonamides is 1. The first-order chi connectivity index (χ1) is 17.0. The van der Waals surface area contributed by atoms with E-state index >= 15 is 0 Å². The molecule has 2 N–H and O–H groups in total. The summed E-state index contributed by atoms with van der Waals surface area (Å²) in [5.41, 5.74) is 1.51. The Morgan fingerprint density at radius 3 is 2.29 bits per heavy atom. The molecule has 1 aromatic heterocycles. The molecule has 1 fully saturated rings. The van der Waals surface area contributed by atoms with Crippen molar-refractivity contribution in [2.45, 2.75) is 23.8 Å². The van der Waals surface area contributed by atoms with Gasteiger partial charge < -0.3 is 10.1 Å². The highest BCUT2D eigenvalue weighted by Crippen LogP contribution is 2.28. The molecule has 1 heterocycles. The highest BCUT2D eigenvalue weighted by atomic mass is 32.2. The molecule has 9 heteroatoms. The lowest BCUT2D eigenvalue weighted by Crippen LogP contribution is -2.25. The quantitative estimate of drug-likeness (QED) is 0.376. The number of nitrogens with zero attached hydrogens (tertiary/aromatic N) is 2. The second-order valence-corrected chi connectivity index (χ2v) is 9.76. The average molecular weight is 487 g/mol. The summed E-state index contributed by atoms with van der Waals surface area (Å²) in [5.74, 6) is 0.380. The van der Waals surface area contributed by atoms with Gasteiger partial charge in [-0.1, -0.05) is 48.5 Å². The van der Waals surface area contributed by atoms with E-state index in [1.54, 1.807) is 60.7 Å². The molecule has 0 unspecified atom stereocenters. The van der Waals surface area contributed by atoms with E-state index in [9.17, 15) is 13.2 Å². The topological polar surface area (TPSA) is 110 Å². The number of hydrogen-bond donors (Lipinski definition) is 2. The maximum Gasteiger partial charge on any atom is 0.264 e. The number of amides is 1. The second kappa shape index (κ2) is 9.55. The molecule has 1 amide bonds. The molecule has 1 saturated carbocycles. The zero-order valence-electron chi connectivity index (χ0n) is 18.6. The summed E-state index contributed by atoms with van der Waals surface area (Å²) >= 11 is 0. The Bertz CT molecular complexity index is 1460. The fraction of sp³-hybridized carbons (Fsp3) is 0.115. The van der Waals surface area contributed by atoms with Crippen molar-refractivity contribution in [3.8, 4) is 22.9 Å². The SMILES string of the molecule is O=C(NC1CC1)c1cccc(-c2cc(Oc3ccccc3)nc(NS(=O)(=O)c3ccccc3)n2)c1. The monoisotopic (exact) mass is 486 g/mol. The summed E-state index contributed by atoms with van der Waals surface area (Å²) in [6.45, 7) is 0. The Morgan fingerprint density at radius 1 is 0.857 bits per heavy atom. The lowest BCUT2D eigenvalue weighted by molar-refractivity contribution is 0.0951. The number of rotatable bonds is 8. The molecule has 1 aliphatic rings. The van der Waals surface area contributed by atoms with Crippen LogP contribution in [0.2, 0.25) is 0 Å². The molecule has 0 aliphatic heterocycles. The molecule has 0 bridgehead atoms. The normalized spacial score (nSPS) is 13.1. The maximum atomic E-state index is 12.9. The lowest BCUT2D eigenvalue weighted by Gasteiger charge is -2.12. The number of para-hydroxylation sites is 1. The number of ether oxygens (including phenoxy) is 1. The highest BCUT2D eigenvalue weighted by molar-refractivity contribution is 7.92. The van der Waals surface area contributed by atoms with Crippen molar-refractivity contribution in [3.05, 3.63) is 96.6 Å². The molecule has 0 radical (unpaired) electrons. The first-order valence-corrected chi connectivity index (χ1v) is 12.6. The number of hydrogen-bond acceptors (Lipinski definition) is 6. The summed E-state index contributed by atoms with van der Waals surface area (Å²) < 4.78 is 34.1. The molecule has 0 saturated heterocycles. The summed E-state index contributed by atoms with van der Waals surface area (Å²) in [6.07, 6.45) is 1.98. The Hall–Kier alpha value is -4.24. The van der Waals surface area contributed by atoms with Crippen LogP contribution < -0.4 is 14.8 Å². The van der Waals surface area contributed by atoms with Gasteiger partial charge in [-0.05, 0) is 49.2 Å². The molecule has 3 aromatic carbocycles. The second-order valence-electron chi connectivity index (χ2n) is 8.08. The van der Waals surface area contributed by atoms with E-state index < -0.39 is 10.0 Å². The first kappa shape index (κ1) is 22.5. The number of nitrogens with one attached hydrogen (secondary N) is 2. The largest absolute Gasteiger partial charge is 0.439 e. The Kier molecular flexibility index (Phi) is 6.15. The highest BCUT2D eigenvalue weighted by Gasteiger charge is 2.24. The van der Waals surface area contributed by atoms with E-state index in [-0.39, 0.29) is 28.7 Å². The number of benzene rings is 3. The van der Waals surface area contributed by atoms with Gasteiger partial charge in [0.15, 0.2) is 0 Å². The fourth-order valence-electron chi connectivity index (χ4n) is 3.37. The Morgan fingerprint density at radius 2 is 1.57 bits per heavy atom. The van der Waals surface area contributed by atoms with E-state index in [0.717, 1.165) is 12.8 Å². The van der Waals surface area contributed by atoms with Gasteiger partial charge >= 0.3 is 0 Å². The zero-order valence-corrected chi connectivity index (χ0v) is 19.4. The van der Waals surface area contributed by atoms with Crippen molar-refractivity contribution >= 4 is 21.9 Å². The number of carbonyl (C=O) groups excluding carboxylic acids is 1. The number of anilines is 1. The minimum Gasteiger partial charge on any atom is -0.439 e. The minimum absolute atomic E-state index is 0.0817. The molecular weight excluding hydrogens is 464 g/mol. The van der Waals surface area contributed by atoms with E-state index in [2.05, 4.69) is 20.0 Å². The van der Waals surface area contributed by atoms with Crippen LogP contribution in [0.1, 0.15) is 23.2 Å². The lowest BCUT2D eigenvalue weighted by atomic mass is 10.1. The minimum atomic E-state index is -3.92. The molecular formula is C26H22N4O4S. The molecule has 0 spiro atoms. The van der Waals surface area contributed by atoms with Crippen LogP contribution in [0.4, 0.5) is 5.95 Å². The maximum absolute atomic E-state index is 12.9.